The molecule has 0 aromatic heterocycles. The summed E-state index contributed by atoms with van der Waals surface area (Å²) in [6.07, 6.45) is 7.34. The second-order valence-electron chi connectivity index (χ2n) is 11.5. The molecule has 2 aliphatic carbocycles. The number of aromatic hydroxyl groups is 1. The molecule has 0 saturated heterocycles. The quantitative estimate of drug-likeness (QED) is 0.113. The molecular weight excluding hydrogens is 539 g/mol. The van der Waals surface area contributed by atoms with E-state index >= 15 is 0 Å². The lowest BCUT2D eigenvalue weighted by atomic mass is 9.73. The maximum Gasteiger partial charge on any atom is 0.473 e. The molecule has 2 unspecified atom stereocenters. The molecule has 2 aromatic carbocycles. The topological polar surface area (TPSA) is 102 Å². The molecule has 7 nitrogen and oxygen atoms in total. The average Bonchev–Trinajstić information content (AvgIpc) is 3.46. The van der Waals surface area contributed by atoms with E-state index in [1.165, 1.54) is 5.57 Å². The predicted octanol–water partition coefficient (Wildman–Crippen LogP) is 8.16. The first-order valence-corrected chi connectivity index (χ1v) is 16.2. The number of carbonyl (C=O) groups is 1. The molecule has 2 aliphatic rings. The van der Waals surface area contributed by atoms with Crippen molar-refractivity contribution in [2.45, 2.75) is 90.8 Å². The molecule has 0 heterocycles. The van der Waals surface area contributed by atoms with Crippen molar-refractivity contribution in [1.29, 1.82) is 0 Å². The van der Waals surface area contributed by atoms with E-state index < -0.39 is 19.9 Å². The Morgan fingerprint density at radius 3 is 2.49 bits per heavy atom. The molecule has 41 heavy (non-hydrogen) atoms. The first kappa shape index (κ1) is 31.2. The molecule has 4 atom stereocenters. The number of rotatable bonds is 12. The fourth-order valence-electron chi connectivity index (χ4n) is 6.08. The monoisotopic (exact) mass is 582 g/mol. The van der Waals surface area contributed by atoms with Crippen molar-refractivity contribution in [1.82, 2.24) is 0 Å². The second-order valence-corrected chi connectivity index (χ2v) is 12.9. The third-order valence-electron chi connectivity index (χ3n) is 8.19. The zero-order chi connectivity index (χ0) is 29.6. The summed E-state index contributed by atoms with van der Waals surface area (Å²) in [5.41, 5.74) is 4.28. The lowest BCUT2D eigenvalue weighted by Crippen LogP contribution is -2.34. The number of phosphoric acid groups is 1. The minimum atomic E-state index is -4.60. The number of phenolic OH excluding ortho intramolecular Hbond substituents is 1. The standard InChI is InChI=1S/C33H43O7P/c1-5-11-25-19-29(34)31(28-18-23(4)16-17-27(28)22(2)3)30(20-25)39-33(35)32(26-14-9-10-15-26)40-41(36,37)38-21-24-12-7-6-8-13-24/h6-8,12-13,18-20,26-28,32,34H,2,5,9-11,14-17,21H2,1,3-4H3,(H,36,37)/t27-,28+,32?/m0/s1. The third kappa shape index (κ3) is 8.20. The molecule has 2 aromatic rings. The van der Waals surface area contributed by atoms with Crippen LogP contribution in [0.3, 0.4) is 0 Å². The Bertz CT molecular complexity index is 1300. The number of esters is 1. The van der Waals surface area contributed by atoms with Crippen molar-refractivity contribution in [3.63, 3.8) is 0 Å². The van der Waals surface area contributed by atoms with Crippen molar-refractivity contribution in [3.05, 3.63) is 83.0 Å². The van der Waals surface area contributed by atoms with Crippen molar-refractivity contribution >= 4 is 13.8 Å². The number of hydrogen-bond acceptors (Lipinski definition) is 6. The molecule has 0 bridgehead atoms. The second kappa shape index (κ2) is 14.0. The van der Waals surface area contributed by atoms with Crippen LogP contribution >= 0.6 is 7.82 Å². The number of hydrogen-bond donors (Lipinski definition) is 2. The van der Waals surface area contributed by atoms with Gasteiger partial charge in [-0.1, -0.05) is 80.3 Å². The normalized spacial score (nSPS) is 21.6. The summed E-state index contributed by atoms with van der Waals surface area (Å²) < 4.78 is 29.9. The van der Waals surface area contributed by atoms with Gasteiger partial charge in [-0.05, 0) is 81.0 Å². The SMILES string of the molecule is C=C(C)[C@@H]1CCC(C)=C[C@H]1c1c(O)cc(CCC)cc1OC(=O)C(OP(=O)(O)OCc1ccccc1)C1CCCC1. The molecule has 1 fully saturated rings. The number of benzene rings is 2. The van der Waals surface area contributed by atoms with Gasteiger partial charge in [-0.25, -0.2) is 9.36 Å². The first-order chi connectivity index (χ1) is 19.6. The van der Waals surface area contributed by atoms with Gasteiger partial charge in [0.15, 0.2) is 6.10 Å². The van der Waals surface area contributed by atoms with Crippen LogP contribution in [-0.2, 0) is 31.4 Å². The molecule has 2 N–H and O–H groups in total. The summed E-state index contributed by atoms with van der Waals surface area (Å²) in [7, 11) is -4.60. The Morgan fingerprint density at radius 1 is 1.12 bits per heavy atom. The number of ether oxygens (including phenoxy) is 1. The smallest absolute Gasteiger partial charge is 0.473 e. The minimum Gasteiger partial charge on any atom is -0.507 e. The molecule has 8 heteroatoms. The van der Waals surface area contributed by atoms with E-state index in [0.29, 0.717) is 30.4 Å². The lowest BCUT2D eigenvalue weighted by molar-refractivity contribution is -0.146. The number of phenols is 1. The highest BCUT2D eigenvalue weighted by atomic mass is 31.2. The molecule has 1 saturated carbocycles. The zero-order valence-electron chi connectivity index (χ0n) is 24.4. The summed E-state index contributed by atoms with van der Waals surface area (Å²) in [6.45, 7) is 10.2. The number of carbonyl (C=O) groups excluding carboxylic acids is 1. The summed E-state index contributed by atoms with van der Waals surface area (Å²) >= 11 is 0. The van der Waals surface area contributed by atoms with Crippen LogP contribution in [0, 0.1) is 11.8 Å². The van der Waals surface area contributed by atoms with Gasteiger partial charge in [-0.15, -0.1) is 0 Å². The minimum absolute atomic E-state index is 0.0679. The molecule has 222 valence electrons. The number of aryl methyl sites for hydroxylation is 1. The van der Waals surface area contributed by atoms with Crippen LogP contribution < -0.4 is 4.74 Å². The van der Waals surface area contributed by atoms with Gasteiger partial charge in [-0.2, -0.15) is 0 Å². The molecular formula is C33H43O7P. The van der Waals surface area contributed by atoms with Crippen LogP contribution in [0.1, 0.15) is 88.3 Å². The van der Waals surface area contributed by atoms with E-state index in [-0.39, 0.29) is 35.9 Å². The average molecular weight is 583 g/mol. The van der Waals surface area contributed by atoms with Crippen LogP contribution in [0.2, 0.25) is 0 Å². The maximum atomic E-state index is 13.8. The third-order valence-corrected chi connectivity index (χ3v) is 9.14. The summed E-state index contributed by atoms with van der Waals surface area (Å²) in [5, 5.41) is 11.3. The zero-order valence-corrected chi connectivity index (χ0v) is 25.3. The Balaban J connectivity index is 1.65. The summed E-state index contributed by atoms with van der Waals surface area (Å²) in [6, 6.07) is 12.6. The lowest BCUT2D eigenvalue weighted by Gasteiger charge is -2.32. The van der Waals surface area contributed by atoms with E-state index in [1.54, 1.807) is 24.3 Å². The summed E-state index contributed by atoms with van der Waals surface area (Å²) in [4.78, 5) is 24.4. The Hall–Kier alpha value is -2.70. The summed E-state index contributed by atoms with van der Waals surface area (Å²) in [5.74, 6) is -0.858. The molecule has 4 rings (SSSR count). The van der Waals surface area contributed by atoms with E-state index in [4.69, 9.17) is 13.8 Å². The fourth-order valence-corrected chi connectivity index (χ4v) is 7.00. The molecule has 0 aliphatic heterocycles. The number of allylic oxidation sites excluding steroid dienone is 3. The largest absolute Gasteiger partial charge is 0.507 e. The van der Waals surface area contributed by atoms with Gasteiger partial charge in [0.1, 0.15) is 11.5 Å². The van der Waals surface area contributed by atoms with Crippen LogP contribution in [-0.4, -0.2) is 22.1 Å². The maximum absolute atomic E-state index is 13.8. The van der Waals surface area contributed by atoms with Crippen molar-refractivity contribution in [2.24, 2.45) is 11.8 Å². The molecule has 0 amide bonds. The first-order valence-electron chi connectivity index (χ1n) is 14.7. The van der Waals surface area contributed by atoms with E-state index in [9.17, 15) is 19.4 Å². The Kier molecular flexibility index (Phi) is 10.6. The van der Waals surface area contributed by atoms with Crippen molar-refractivity contribution < 1.29 is 33.1 Å². The van der Waals surface area contributed by atoms with Gasteiger partial charge in [-0.3, -0.25) is 9.05 Å². The number of phosphoric ester groups is 1. The fraction of sp³-hybridized carbons (Fsp3) is 0.485. The van der Waals surface area contributed by atoms with Crippen LogP contribution in [0.5, 0.6) is 11.5 Å². The van der Waals surface area contributed by atoms with Gasteiger partial charge >= 0.3 is 13.8 Å². The van der Waals surface area contributed by atoms with Crippen LogP contribution in [0.25, 0.3) is 0 Å². The van der Waals surface area contributed by atoms with Crippen LogP contribution in [0.4, 0.5) is 0 Å². The van der Waals surface area contributed by atoms with Crippen LogP contribution in [0.15, 0.2) is 66.3 Å². The highest BCUT2D eigenvalue weighted by Gasteiger charge is 2.40. The van der Waals surface area contributed by atoms with E-state index in [0.717, 1.165) is 43.2 Å². The van der Waals surface area contributed by atoms with Gasteiger partial charge in [0.2, 0.25) is 0 Å². The van der Waals surface area contributed by atoms with Gasteiger partial charge in [0, 0.05) is 11.5 Å². The molecule has 0 radical (unpaired) electrons. The Morgan fingerprint density at radius 2 is 1.83 bits per heavy atom. The van der Waals surface area contributed by atoms with E-state index in [2.05, 4.69) is 19.6 Å². The highest BCUT2D eigenvalue weighted by Crippen LogP contribution is 2.50. The van der Waals surface area contributed by atoms with Crippen molar-refractivity contribution in [3.8, 4) is 11.5 Å². The highest BCUT2D eigenvalue weighted by molar-refractivity contribution is 7.47. The van der Waals surface area contributed by atoms with Crippen molar-refractivity contribution in [2.75, 3.05) is 0 Å². The predicted molar refractivity (Wildman–Crippen MR) is 160 cm³/mol. The Labute approximate surface area is 243 Å². The molecule has 0 spiro atoms. The van der Waals surface area contributed by atoms with Gasteiger partial charge in [0.05, 0.1) is 6.61 Å². The van der Waals surface area contributed by atoms with Gasteiger partial charge < -0.3 is 14.7 Å². The van der Waals surface area contributed by atoms with E-state index in [1.807, 2.05) is 32.0 Å². The van der Waals surface area contributed by atoms with Gasteiger partial charge in [0.25, 0.3) is 0 Å².